The first-order valence-electron chi connectivity index (χ1n) is 35.3. The maximum atomic E-state index is 13.0. The van der Waals surface area contributed by atoms with E-state index in [1.54, 1.807) is 0 Å². The van der Waals surface area contributed by atoms with Gasteiger partial charge in [-0.1, -0.05) is 369 Å². The van der Waals surface area contributed by atoms with Crippen LogP contribution in [-0.4, -0.2) is 37.2 Å². The molecule has 0 saturated carbocycles. The first-order chi connectivity index (χ1) is 37.8. The third-order valence-electron chi connectivity index (χ3n) is 17.2. The van der Waals surface area contributed by atoms with E-state index in [1.165, 1.54) is 295 Å². The predicted octanol–water partition coefficient (Wildman–Crippen LogP) is 23.9. The topological polar surface area (TPSA) is 78.9 Å². The second-order valence-corrected chi connectivity index (χ2v) is 25.0. The summed E-state index contributed by atoms with van der Waals surface area (Å²) in [6.07, 6.45) is 72.5. The van der Waals surface area contributed by atoms with E-state index >= 15 is 0 Å². The number of ether oxygens (including phenoxy) is 3. The minimum Gasteiger partial charge on any atom is -0.462 e. The second kappa shape index (κ2) is 63.6. The van der Waals surface area contributed by atoms with Crippen LogP contribution in [0.25, 0.3) is 0 Å². The second-order valence-electron chi connectivity index (χ2n) is 25.0. The van der Waals surface area contributed by atoms with Crippen LogP contribution in [0.5, 0.6) is 0 Å². The minimum atomic E-state index is -0.765. The lowest BCUT2D eigenvalue weighted by Gasteiger charge is -2.18. The van der Waals surface area contributed by atoms with E-state index in [0.717, 1.165) is 69.6 Å². The SMILES string of the molecule is CCCCCCCCCCCCCCCCCCCCCC(=O)OC[C@@H](COC(=O)CCCCCCCCCCCCCCCCC(C)CC)OC(=O)CCCCCCCCCCCCCCCCCCCCC(C)CC. The monoisotopic (exact) mass is 1090 g/mol. The maximum absolute atomic E-state index is 13.0. The Bertz CT molecular complexity index is 1190. The van der Waals surface area contributed by atoms with Gasteiger partial charge in [0.25, 0.3) is 0 Å². The average molecular weight is 1090 g/mol. The molecule has 0 N–H and O–H groups in total. The molecule has 0 aliphatic carbocycles. The molecular weight excluding hydrogens is 949 g/mol. The molecule has 0 aromatic rings. The van der Waals surface area contributed by atoms with Gasteiger partial charge in [0, 0.05) is 19.3 Å². The van der Waals surface area contributed by atoms with Crippen molar-refractivity contribution in [2.75, 3.05) is 13.2 Å². The molecule has 0 aliphatic heterocycles. The summed E-state index contributed by atoms with van der Waals surface area (Å²) in [6.45, 7) is 11.5. The molecule has 77 heavy (non-hydrogen) atoms. The highest BCUT2D eigenvalue weighted by Crippen LogP contribution is 2.20. The van der Waals surface area contributed by atoms with Gasteiger partial charge in [-0.2, -0.15) is 0 Å². The van der Waals surface area contributed by atoms with Crippen molar-refractivity contribution in [1.82, 2.24) is 0 Å². The summed E-state index contributed by atoms with van der Waals surface area (Å²) in [6, 6.07) is 0. The van der Waals surface area contributed by atoms with Gasteiger partial charge in [-0.25, -0.2) is 0 Å². The number of esters is 3. The van der Waals surface area contributed by atoms with Crippen LogP contribution in [0.4, 0.5) is 0 Å². The van der Waals surface area contributed by atoms with Crippen LogP contribution in [-0.2, 0) is 28.6 Å². The Labute approximate surface area is 482 Å². The number of carbonyl (C=O) groups is 3. The highest BCUT2D eigenvalue weighted by Gasteiger charge is 2.20. The van der Waals surface area contributed by atoms with Crippen LogP contribution in [0.15, 0.2) is 0 Å². The van der Waals surface area contributed by atoms with Gasteiger partial charge in [-0.05, 0) is 31.1 Å². The standard InChI is InChI=1S/C71H138O6/c1-6-9-10-11-12-13-14-15-16-17-18-22-25-31-36-41-46-51-56-61-69(72)75-64-68(65-76-70(73)62-57-52-47-42-37-32-28-27-30-35-40-45-50-55-60-67(5)8-3)77-71(74)63-58-53-48-43-38-33-26-23-20-19-21-24-29-34-39-44-49-54-59-66(4)7-2/h66-68H,6-65H2,1-5H3/t66?,67?,68-/m0/s1. The highest BCUT2D eigenvalue weighted by molar-refractivity contribution is 5.71. The Balaban J connectivity index is 4.28. The van der Waals surface area contributed by atoms with Gasteiger partial charge in [0.2, 0.25) is 0 Å². The van der Waals surface area contributed by atoms with Crippen LogP contribution in [0.3, 0.4) is 0 Å². The van der Waals surface area contributed by atoms with Gasteiger partial charge in [-0.3, -0.25) is 14.4 Å². The van der Waals surface area contributed by atoms with E-state index in [-0.39, 0.29) is 31.1 Å². The van der Waals surface area contributed by atoms with Crippen LogP contribution >= 0.6 is 0 Å². The number of carbonyl (C=O) groups excluding carboxylic acids is 3. The summed E-state index contributed by atoms with van der Waals surface area (Å²) in [7, 11) is 0. The molecule has 0 saturated heterocycles. The fourth-order valence-corrected chi connectivity index (χ4v) is 11.1. The van der Waals surface area contributed by atoms with Crippen molar-refractivity contribution >= 4 is 17.9 Å². The summed E-state index contributed by atoms with van der Waals surface area (Å²) in [5, 5.41) is 0. The molecule has 0 aromatic heterocycles. The van der Waals surface area contributed by atoms with Crippen molar-refractivity contribution in [2.45, 2.75) is 413 Å². The molecule has 458 valence electrons. The van der Waals surface area contributed by atoms with Gasteiger partial charge < -0.3 is 14.2 Å². The molecule has 0 rings (SSSR count). The molecule has 0 fully saturated rings. The van der Waals surface area contributed by atoms with Crippen LogP contribution < -0.4 is 0 Å². The molecule has 0 aliphatic rings. The number of rotatable bonds is 65. The zero-order chi connectivity index (χ0) is 56.0. The van der Waals surface area contributed by atoms with E-state index in [1.807, 2.05) is 0 Å². The fraction of sp³-hybridized carbons (Fsp3) is 0.958. The Hall–Kier alpha value is -1.59. The van der Waals surface area contributed by atoms with Crippen LogP contribution in [0.1, 0.15) is 407 Å². The van der Waals surface area contributed by atoms with E-state index in [4.69, 9.17) is 14.2 Å². The zero-order valence-corrected chi connectivity index (χ0v) is 53.1. The minimum absolute atomic E-state index is 0.0612. The molecule has 0 aromatic carbocycles. The lowest BCUT2D eigenvalue weighted by molar-refractivity contribution is -0.167. The quantitative estimate of drug-likeness (QED) is 0.0343. The summed E-state index contributed by atoms with van der Waals surface area (Å²) >= 11 is 0. The van der Waals surface area contributed by atoms with Crippen molar-refractivity contribution in [3.8, 4) is 0 Å². The lowest BCUT2D eigenvalue weighted by atomic mass is 9.99. The van der Waals surface area contributed by atoms with Crippen molar-refractivity contribution in [3.63, 3.8) is 0 Å². The van der Waals surface area contributed by atoms with E-state index in [9.17, 15) is 14.4 Å². The summed E-state index contributed by atoms with van der Waals surface area (Å²) in [4.78, 5) is 38.5. The molecule has 0 spiro atoms. The number of hydrogen-bond acceptors (Lipinski definition) is 6. The summed E-state index contributed by atoms with van der Waals surface area (Å²) in [5.41, 5.74) is 0. The average Bonchev–Trinajstić information content (AvgIpc) is 3.43. The van der Waals surface area contributed by atoms with Gasteiger partial charge in [0.05, 0.1) is 0 Å². The lowest BCUT2D eigenvalue weighted by Crippen LogP contribution is -2.30. The Kier molecular flexibility index (Phi) is 62.3. The molecule has 0 bridgehead atoms. The Morgan fingerprint density at radius 1 is 0.260 bits per heavy atom. The number of unbranched alkanes of at least 4 members (excludes halogenated alkanes) is 48. The first kappa shape index (κ1) is 75.4. The fourth-order valence-electron chi connectivity index (χ4n) is 11.1. The van der Waals surface area contributed by atoms with Crippen LogP contribution in [0, 0.1) is 11.8 Å². The van der Waals surface area contributed by atoms with E-state index in [2.05, 4.69) is 34.6 Å². The van der Waals surface area contributed by atoms with Crippen molar-refractivity contribution in [1.29, 1.82) is 0 Å². The highest BCUT2D eigenvalue weighted by atomic mass is 16.6. The maximum Gasteiger partial charge on any atom is 0.306 e. The molecule has 0 heterocycles. The van der Waals surface area contributed by atoms with E-state index in [0.29, 0.717) is 19.3 Å². The normalized spacial score (nSPS) is 12.7. The molecule has 0 radical (unpaired) electrons. The smallest absolute Gasteiger partial charge is 0.306 e. The van der Waals surface area contributed by atoms with Gasteiger partial charge in [-0.15, -0.1) is 0 Å². The molecular formula is C71H138O6. The molecule has 6 nitrogen and oxygen atoms in total. The van der Waals surface area contributed by atoms with Crippen molar-refractivity contribution < 1.29 is 28.6 Å². The van der Waals surface area contributed by atoms with Gasteiger partial charge in [0.1, 0.15) is 13.2 Å². The van der Waals surface area contributed by atoms with E-state index < -0.39 is 6.10 Å². The summed E-state index contributed by atoms with van der Waals surface area (Å²) in [5.74, 6) is 0.981. The van der Waals surface area contributed by atoms with Crippen molar-refractivity contribution in [3.05, 3.63) is 0 Å². The molecule has 3 atom stereocenters. The van der Waals surface area contributed by atoms with Gasteiger partial charge >= 0.3 is 17.9 Å². The molecule has 2 unspecified atom stereocenters. The Morgan fingerprint density at radius 2 is 0.455 bits per heavy atom. The number of hydrogen-bond donors (Lipinski definition) is 0. The zero-order valence-electron chi connectivity index (χ0n) is 53.1. The Morgan fingerprint density at radius 3 is 0.675 bits per heavy atom. The first-order valence-corrected chi connectivity index (χ1v) is 35.3. The third-order valence-corrected chi connectivity index (χ3v) is 17.2. The molecule has 6 heteroatoms. The van der Waals surface area contributed by atoms with Crippen molar-refractivity contribution in [2.24, 2.45) is 11.8 Å². The third kappa shape index (κ3) is 61.9. The molecule has 0 amide bonds. The largest absolute Gasteiger partial charge is 0.462 e. The van der Waals surface area contributed by atoms with Gasteiger partial charge in [0.15, 0.2) is 6.10 Å². The predicted molar refractivity (Wildman–Crippen MR) is 335 cm³/mol. The van der Waals surface area contributed by atoms with Crippen LogP contribution in [0.2, 0.25) is 0 Å². The summed E-state index contributed by atoms with van der Waals surface area (Å²) < 4.78 is 17.0.